The molecule has 0 spiro atoms. The molecular weight excluding hydrogens is 246 g/mol. The third-order valence-electron chi connectivity index (χ3n) is 2.67. The van der Waals surface area contributed by atoms with Crippen molar-refractivity contribution >= 4 is 11.6 Å². The number of benzene rings is 2. The third kappa shape index (κ3) is 3.49. The van der Waals surface area contributed by atoms with E-state index in [2.05, 4.69) is 0 Å². The Morgan fingerprint density at radius 1 is 1.00 bits per heavy atom. The first kappa shape index (κ1) is 12.9. The zero-order chi connectivity index (χ0) is 12.8. The fourth-order valence-electron chi connectivity index (χ4n) is 1.72. The van der Waals surface area contributed by atoms with E-state index < -0.39 is 0 Å². The molecule has 2 N–H and O–H groups in total. The van der Waals surface area contributed by atoms with E-state index in [0.717, 1.165) is 17.5 Å². The van der Waals surface area contributed by atoms with Crippen LogP contribution in [0.1, 0.15) is 11.1 Å². The second-order valence-corrected chi connectivity index (χ2v) is 4.48. The van der Waals surface area contributed by atoms with Crippen LogP contribution < -0.4 is 10.5 Å². The molecule has 0 saturated carbocycles. The SMILES string of the molecule is NCCc1ccc(Cl)c(OCc2ccccc2)c1. The molecule has 2 aromatic carbocycles. The molecule has 94 valence electrons. The lowest BCUT2D eigenvalue weighted by Gasteiger charge is -2.09. The Kier molecular flexibility index (Phi) is 4.62. The van der Waals surface area contributed by atoms with E-state index in [4.69, 9.17) is 22.1 Å². The summed E-state index contributed by atoms with van der Waals surface area (Å²) in [4.78, 5) is 0. The van der Waals surface area contributed by atoms with Gasteiger partial charge in [0.15, 0.2) is 0 Å². The van der Waals surface area contributed by atoms with E-state index >= 15 is 0 Å². The van der Waals surface area contributed by atoms with E-state index in [1.807, 2.05) is 48.5 Å². The highest BCUT2D eigenvalue weighted by Gasteiger charge is 2.03. The lowest BCUT2D eigenvalue weighted by Crippen LogP contribution is -2.03. The van der Waals surface area contributed by atoms with E-state index in [1.54, 1.807) is 0 Å². The first-order chi connectivity index (χ1) is 8.79. The molecule has 0 aliphatic heterocycles. The van der Waals surface area contributed by atoms with Gasteiger partial charge in [0.25, 0.3) is 0 Å². The minimum absolute atomic E-state index is 0.520. The molecule has 3 heteroatoms. The summed E-state index contributed by atoms with van der Waals surface area (Å²) in [6.45, 7) is 1.15. The second kappa shape index (κ2) is 6.43. The Morgan fingerprint density at radius 2 is 1.78 bits per heavy atom. The average molecular weight is 262 g/mol. The van der Waals surface area contributed by atoms with Gasteiger partial charge < -0.3 is 10.5 Å². The van der Waals surface area contributed by atoms with Crippen LogP contribution in [0.15, 0.2) is 48.5 Å². The van der Waals surface area contributed by atoms with Gasteiger partial charge in [0.05, 0.1) is 5.02 Å². The number of rotatable bonds is 5. The molecular formula is C15H16ClNO. The van der Waals surface area contributed by atoms with E-state index in [-0.39, 0.29) is 0 Å². The van der Waals surface area contributed by atoms with Gasteiger partial charge >= 0.3 is 0 Å². The van der Waals surface area contributed by atoms with Crippen molar-refractivity contribution in [2.24, 2.45) is 5.73 Å². The van der Waals surface area contributed by atoms with Crippen molar-refractivity contribution in [3.63, 3.8) is 0 Å². The monoisotopic (exact) mass is 261 g/mol. The summed E-state index contributed by atoms with van der Waals surface area (Å²) in [5, 5.41) is 0.631. The highest BCUT2D eigenvalue weighted by Crippen LogP contribution is 2.26. The van der Waals surface area contributed by atoms with Gasteiger partial charge in [0, 0.05) is 0 Å². The highest BCUT2D eigenvalue weighted by molar-refractivity contribution is 6.32. The standard InChI is InChI=1S/C15H16ClNO/c16-14-7-6-12(8-9-17)10-15(14)18-11-13-4-2-1-3-5-13/h1-7,10H,8-9,11,17H2. The number of nitrogens with two attached hydrogens (primary N) is 1. The molecule has 2 aromatic rings. The molecule has 0 heterocycles. The summed E-state index contributed by atoms with van der Waals surface area (Å²) in [5.74, 6) is 0.714. The average Bonchev–Trinajstić information content (AvgIpc) is 2.41. The Hall–Kier alpha value is -1.51. The molecule has 0 bridgehead atoms. The summed E-state index contributed by atoms with van der Waals surface area (Å²) in [6.07, 6.45) is 0.832. The molecule has 0 aromatic heterocycles. The van der Waals surface area contributed by atoms with Gasteiger partial charge in [-0.15, -0.1) is 0 Å². The highest BCUT2D eigenvalue weighted by atomic mass is 35.5. The molecule has 0 aliphatic carbocycles. The van der Waals surface area contributed by atoms with Crippen molar-refractivity contribution in [3.8, 4) is 5.75 Å². The Balaban J connectivity index is 2.06. The van der Waals surface area contributed by atoms with Gasteiger partial charge in [0.2, 0.25) is 0 Å². The maximum atomic E-state index is 6.11. The van der Waals surface area contributed by atoms with Crippen molar-refractivity contribution in [3.05, 3.63) is 64.7 Å². The summed E-state index contributed by atoms with van der Waals surface area (Å²) in [6, 6.07) is 15.8. The van der Waals surface area contributed by atoms with Gasteiger partial charge in [-0.05, 0) is 36.2 Å². The maximum Gasteiger partial charge on any atom is 0.138 e. The molecule has 2 rings (SSSR count). The van der Waals surface area contributed by atoms with Crippen LogP contribution in [0.3, 0.4) is 0 Å². The quantitative estimate of drug-likeness (QED) is 0.895. The van der Waals surface area contributed by atoms with Crippen LogP contribution in [-0.2, 0) is 13.0 Å². The van der Waals surface area contributed by atoms with Gasteiger partial charge in [-0.2, -0.15) is 0 Å². The van der Waals surface area contributed by atoms with Crippen molar-refractivity contribution in [2.45, 2.75) is 13.0 Å². The van der Waals surface area contributed by atoms with Crippen LogP contribution in [0, 0.1) is 0 Å². The topological polar surface area (TPSA) is 35.2 Å². The Bertz CT molecular complexity index is 499. The van der Waals surface area contributed by atoms with Crippen LogP contribution in [0.25, 0.3) is 0 Å². The van der Waals surface area contributed by atoms with Crippen LogP contribution in [0.2, 0.25) is 5.02 Å². The summed E-state index contributed by atoms with van der Waals surface area (Å²) in [7, 11) is 0. The van der Waals surface area contributed by atoms with E-state index in [9.17, 15) is 0 Å². The number of hydrogen-bond acceptors (Lipinski definition) is 2. The fraction of sp³-hybridized carbons (Fsp3) is 0.200. The number of hydrogen-bond donors (Lipinski definition) is 1. The molecule has 2 nitrogen and oxygen atoms in total. The molecule has 0 unspecified atom stereocenters. The number of halogens is 1. The lowest BCUT2D eigenvalue weighted by molar-refractivity contribution is 0.306. The van der Waals surface area contributed by atoms with E-state index in [1.165, 1.54) is 0 Å². The molecule has 18 heavy (non-hydrogen) atoms. The van der Waals surface area contributed by atoms with Crippen LogP contribution in [0.4, 0.5) is 0 Å². The minimum atomic E-state index is 0.520. The first-order valence-corrected chi connectivity index (χ1v) is 6.32. The molecule has 0 amide bonds. The minimum Gasteiger partial charge on any atom is -0.487 e. The van der Waals surface area contributed by atoms with Crippen molar-refractivity contribution in [2.75, 3.05) is 6.54 Å². The van der Waals surface area contributed by atoms with Gasteiger partial charge in [-0.3, -0.25) is 0 Å². The lowest BCUT2D eigenvalue weighted by atomic mass is 10.1. The fourth-order valence-corrected chi connectivity index (χ4v) is 1.89. The summed E-state index contributed by atoms with van der Waals surface area (Å²) < 4.78 is 5.74. The van der Waals surface area contributed by atoms with E-state index in [0.29, 0.717) is 23.9 Å². The Morgan fingerprint density at radius 3 is 2.50 bits per heavy atom. The normalized spacial score (nSPS) is 10.3. The zero-order valence-corrected chi connectivity index (χ0v) is 10.9. The van der Waals surface area contributed by atoms with Gasteiger partial charge in [-0.25, -0.2) is 0 Å². The van der Waals surface area contributed by atoms with Crippen molar-refractivity contribution in [1.29, 1.82) is 0 Å². The molecule has 0 aliphatic rings. The molecule has 0 saturated heterocycles. The smallest absolute Gasteiger partial charge is 0.138 e. The van der Waals surface area contributed by atoms with Gasteiger partial charge in [0.1, 0.15) is 12.4 Å². The third-order valence-corrected chi connectivity index (χ3v) is 2.98. The van der Waals surface area contributed by atoms with Crippen LogP contribution >= 0.6 is 11.6 Å². The number of ether oxygens (including phenoxy) is 1. The molecule has 0 fully saturated rings. The predicted molar refractivity (Wildman–Crippen MR) is 75.0 cm³/mol. The first-order valence-electron chi connectivity index (χ1n) is 5.95. The zero-order valence-electron chi connectivity index (χ0n) is 10.1. The Labute approximate surface area is 112 Å². The van der Waals surface area contributed by atoms with Gasteiger partial charge in [-0.1, -0.05) is 48.0 Å². The van der Waals surface area contributed by atoms with Crippen molar-refractivity contribution < 1.29 is 4.74 Å². The molecule has 0 atom stereocenters. The van der Waals surface area contributed by atoms with Crippen LogP contribution in [0.5, 0.6) is 5.75 Å². The van der Waals surface area contributed by atoms with Crippen LogP contribution in [-0.4, -0.2) is 6.54 Å². The molecule has 0 radical (unpaired) electrons. The summed E-state index contributed by atoms with van der Waals surface area (Å²) >= 11 is 6.11. The predicted octanol–water partition coefficient (Wildman–Crippen LogP) is 3.42. The largest absolute Gasteiger partial charge is 0.487 e. The second-order valence-electron chi connectivity index (χ2n) is 4.08. The van der Waals surface area contributed by atoms with Crippen molar-refractivity contribution in [1.82, 2.24) is 0 Å². The maximum absolute atomic E-state index is 6.11. The summed E-state index contributed by atoms with van der Waals surface area (Å²) in [5.41, 5.74) is 7.81.